The number of halogens is 1. The highest BCUT2D eigenvalue weighted by Crippen LogP contribution is 2.22. The maximum atomic E-state index is 11.5. The summed E-state index contributed by atoms with van der Waals surface area (Å²) in [6.07, 6.45) is 1.79. The lowest BCUT2D eigenvalue weighted by atomic mass is 10.1. The van der Waals surface area contributed by atoms with Gasteiger partial charge in [0, 0.05) is 42.9 Å². The lowest BCUT2D eigenvalue weighted by Gasteiger charge is -2.21. The average molecular weight is 429 g/mol. The third-order valence-electron chi connectivity index (χ3n) is 4.83. The maximum Gasteiger partial charge on any atom is 0.191 e. The highest BCUT2D eigenvalue weighted by atomic mass is 79.9. The third-order valence-corrected chi connectivity index (χ3v) is 7.20. The van der Waals surface area contributed by atoms with Gasteiger partial charge in [-0.15, -0.1) is 0 Å². The summed E-state index contributed by atoms with van der Waals surface area (Å²) >= 11 is 3.47. The number of anilines is 1. The van der Waals surface area contributed by atoms with E-state index in [0.29, 0.717) is 18.3 Å². The van der Waals surface area contributed by atoms with Gasteiger partial charge in [0.05, 0.1) is 11.5 Å². The molecule has 2 atom stereocenters. The molecule has 0 spiro atoms. The minimum Gasteiger partial charge on any atom is -0.369 e. The Morgan fingerprint density at radius 3 is 2.72 bits per heavy atom. The maximum absolute atomic E-state index is 11.5. The van der Waals surface area contributed by atoms with Gasteiger partial charge < -0.3 is 15.5 Å². The molecule has 0 bridgehead atoms. The number of nitrogens with zero attached hydrogens (tertiary/aromatic N) is 2. The number of aliphatic imine (C=N–C) groups is 1. The van der Waals surface area contributed by atoms with Crippen LogP contribution in [0.3, 0.4) is 0 Å². The number of nitrogens with one attached hydrogen (secondary N) is 2. The monoisotopic (exact) mass is 428 g/mol. The van der Waals surface area contributed by atoms with Crippen molar-refractivity contribution in [1.29, 1.82) is 0 Å². The zero-order chi connectivity index (χ0) is 17.9. The van der Waals surface area contributed by atoms with Crippen LogP contribution in [0.15, 0.2) is 33.7 Å². The molecule has 2 unspecified atom stereocenters. The Morgan fingerprint density at radius 1 is 1.32 bits per heavy atom. The Hall–Kier alpha value is -1.28. The largest absolute Gasteiger partial charge is 0.369 e. The molecule has 1 aromatic carbocycles. The molecule has 2 fully saturated rings. The molecule has 1 aromatic rings. The van der Waals surface area contributed by atoms with Crippen molar-refractivity contribution in [3.8, 4) is 0 Å². The van der Waals surface area contributed by atoms with Crippen LogP contribution < -0.4 is 15.5 Å². The Bertz CT molecular complexity index is 721. The number of hydrogen-bond acceptors (Lipinski definition) is 4. The zero-order valence-corrected chi connectivity index (χ0v) is 16.8. The molecule has 3 rings (SSSR count). The van der Waals surface area contributed by atoms with Crippen LogP contribution in [-0.4, -0.2) is 58.6 Å². The molecule has 0 radical (unpaired) electrons. The molecule has 6 nitrogen and oxygen atoms in total. The fourth-order valence-corrected chi connectivity index (χ4v) is 5.55. The van der Waals surface area contributed by atoms with Crippen LogP contribution in [0.25, 0.3) is 0 Å². The molecule has 2 saturated heterocycles. The second kappa shape index (κ2) is 7.95. The number of benzene rings is 1. The van der Waals surface area contributed by atoms with E-state index in [1.807, 2.05) is 0 Å². The second-order valence-corrected chi connectivity index (χ2v) is 9.92. The molecule has 2 aliphatic rings. The molecule has 138 valence electrons. The molecular formula is C17H25BrN4O2S. The van der Waals surface area contributed by atoms with Crippen molar-refractivity contribution >= 4 is 37.4 Å². The van der Waals surface area contributed by atoms with Gasteiger partial charge in [-0.2, -0.15) is 0 Å². The highest BCUT2D eigenvalue weighted by Gasteiger charge is 2.28. The quantitative estimate of drug-likeness (QED) is 0.562. The van der Waals surface area contributed by atoms with Gasteiger partial charge in [-0.05, 0) is 43.0 Å². The molecule has 2 heterocycles. The van der Waals surface area contributed by atoms with Crippen molar-refractivity contribution in [3.05, 3.63) is 28.7 Å². The first kappa shape index (κ1) is 18.5. The van der Waals surface area contributed by atoms with Crippen LogP contribution >= 0.6 is 15.9 Å². The Morgan fingerprint density at radius 2 is 2.08 bits per heavy atom. The fraction of sp³-hybridized carbons (Fsp3) is 0.588. The van der Waals surface area contributed by atoms with Crippen LogP contribution in [0.1, 0.15) is 12.8 Å². The van der Waals surface area contributed by atoms with E-state index < -0.39 is 9.84 Å². The van der Waals surface area contributed by atoms with Crippen molar-refractivity contribution < 1.29 is 8.42 Å². The molecule has 8 heteroatoms. The van der Waals surface area contributed by atoms with E-state index in [2.05, 4.69) is 60.7 Å². The molecule has 0 aliphatic carbocycles. The van der Waals surface area contributed by atoms with Crippen LogP contribution in [0.5, 0.6) is 0 Å². The summed E-state index contributed by atoms with van der Waals surface area (Å²) in [6, 6.07) is 8.71. The first-order chi connectivity index (χ1) is 11.9. The topological polar surface area (TPSA) is 73.8 Å². The van der Waals surface area contributed by atoms with Crippen LogP contribution in [0.2, 0.25) is 0 Å². The Balaban J connectivity index is 1.47. The van der Waals surface area contributed by atoms with E-state index in [9.17, 15) is 8.42 Å². The van der Waals surface area contributed by atoms with E-state index in [4.69, 9.17) is 0 Å². The second-order valence-electron chi connectivity index (χ2n) is 6.77. The van der Waals surface area contributed by atoms with E-state index in [0.717, 1.165) is 36.4 Å². The summed E-state index contributed by atoms with van der Waals surface area (Å²) < 4.78 is 24.2. The lowest BCUT2D eigenvalue weighted by Crippen LogP contribution is -2.46. The van der Waals surface area contributed by atoms with E-state index in [1.165, 1.54) is 5.69 Å². The summed E-state index contributed by atoms with van der Waals surface area (Å²) in [5.74, 6) is 1.55. The normalized spacial score (nSPS) is 26.0. The SMILES string of the molecule is CN=C(NCC1CCS(=O)(=O)C1)NC1CCN(c2ccc(Br)cc2)C1. The van der Waals surface area contributed by atoms with Gasteiger partial charge >= 0.3 is 0 Å². The third kappa shape index (κ3) is 5.10. The summed E-state index contributed by atoms with van der Waals surface area (Å²) in [5.41, 5.74) is 1.23. The van der Waals surface area contributed by atoms with Gasteiger partial charge in [-0.1, -0.05) is 15.9 Å². The molecule has 0 saturated carbocycles. The Kier molecular flexibility index (Phi) is 5.89. The van der Waals surface area contributed by atoms with E-state index in [1.54, 1.807) is 7.05 Å². The van der Waals surface area contributed by atoms with Crippen molar-refractivity contribution in [3.63, 3.8) is 0 Å². The minimum absolute atomic E-state index is 0.186. The zero-order valence-electron chi connectivity index (χ0n) is 14.4. The van der Waals surface area contributed by atoms with Crippen LogP contribution in [-0.2, 0) is 9.84 Å². The molecular weight excluding hydrogens is 404 g/mol. The van der Waals surface area contributed by atoms with Gasteiger partial charge in [0.2, 0.25) is 0 Å². The summed E-state index contributed by atoms with van der Waals surface area (Å²) in [4.78, 5) is 6.64. The minimum atomic E-state index is -2.82. The average Bonchev–Trinajstić information content (AvgIpc) is 3.18. The van der Waals surface area contributed by atoms with Gasteiger partial charge in [-0.3, -0.25) is 4.99 Å². The summed E-state index contributed by atoms with van der Waals surface area (Å²) in [6.45, 7) is 2.60. The molecule has 0 aromatic heterocycles. The van der Waals surface area contributed by atoms with Gasteiger partial charge in [0.25, 0.3) is 0 Å². The Labute approximate surface area is 158 Å². The van der Waals surface area contributed by atoms with Crippen molar-refractivity contribution in [1.82, 2.24) is 10.6 Å². The molecule has 2 aliphatic heterocycles. The van der Waals surface area contributed by atoms with E-state index >= 15 is 0 Å². The summed E-state index contributed by atoms with van der Waals surface area (Å²) in [7, 11) is -1.07. The number of guanidine groups is 1. The smallest absolute Gasteiger partial charge is 0.191 e. The van der Waals surface area contributed by atoms with Crippen LogP contribution in [0.4, 0.5) is 5.69 Å². The predicted molar refractivity (Wildman–Crippen MR) is 106 cm³/mol. The van der Waals surface area contributed by atoms with Gasteiger partial charge in [0.1, 0.15) is 0 Å². The lowest BCUT2D eigenvalue weighted by molar-refractivity contribution is 0.559. The van der Waals surface area contributed by atoms with Crippen molar-refractivity contribution in [2.45, 2.75) is 18.9 Å². The number of hydrogen-bond donors (Lipinski definition) is 2. The van der Waals surface area contributed by atoms with Crippen LogP contribution in [0, 0.1) is 5.92 Å². The van der Waals surface area contributed by atoms with Crippen molar-refractivity contribution in [2.24, 2.45) is 10.9 Å². The highest BCUT2D eigenvalue weighted by molar-refractivity contribution is 9.10. The van der Waals surface area contributed by atoms with Crippen molar-refractivity contribution in [2.75, 3.05) is 43.1 Å². The molecule has 2 N–H and O–H groups in total. The first-order valence-electron chi connectivity index (χ1n) is 8.63. The van der Waals surface area contributed by atoms with E-state index in [-0.39, 0.29) is 11.7 Å². The molecule has 25 heavy (non-hydrogen) atoms. The van der Waals surface area contributed by atoms with Gasteiger partial charge in [-0.25, -0.2) is 8.42 Å². The number of rotatable bonds is 4. The predicted octanol–water partition coefficient (Wildman–Crippen LogP) is 1.63. The number of sulfone groups is 1. The fourth-order valence-electron chi connectivity index (χ4n) is 3.43. The summed E-state index contributed by atoms with van der Waals surface area (Å²) in [5, 5.41) is 6.75. The van der Waals surface area contributed by atoms with Gasteiger partial charge in [0.15, 0.2) is 15.8 Å². The first-order valence-corrected chi connectivity index (χ1v) is 11.2. The standard InChI is InChI=1S/C17H25BrN4O2S/c1-19-17(20-10-13-7-9-25(23,24)12-13)21-15-6-8-22(11-15)16-4-2-14(18)3-5-16/h2-5,13,15H,6-12H2,1H3,(H2,19,20,21). The molecule has 0 amide bonds.